The van der Waals surface area contributed by atoms with Crippen LogP contribution in [0.5, 0.6) is 0 Å². The summed E-state index contributed by atoms with van der Waals surface area (Å²) in [6.07, 6.45) is 1.80. The molecule has 0 aromatic heterocycles. The number of benzene rings is 1. The van der Waals surface area contributed by atoms with Crippen LogP contribution in [-0.2, 0) is 5.60 Å². The van der Waals surface area contributed by atoms with Gasteiger partial charge in [-0.1, -0.05) is 6.07 Å². The highest BCUT2D eigenvalue weighted by Crippen LogP contribution is 2.34. The molecule has 0 aliphatic carbocycles. The minimum Gasteiger partial charge on any atom is -0.386 e. The topological polar surface area (TPSA) is 20.2 Å². The van der Waals surface area contributed by atoms with Gasteiger partial charge in [-0.25, -0.2) is 4.39 Å². The molecule has 1 nitrogen and oxygen atoms in total. The van der Waals surface area contributed by atoms with Crippen molar-refractivity contribution in [3.63, 3.8) is 0 Å². The first-order chi connectivity index (χ1) is 6.38. The van der Waals surface area contributed by atoms with Crippen molar-refractivity contribution in [1.29, 1.82) is 0 Å². The molecule has 4 heteroatoms. The predicted molar refractivity (Wildman–Crippen MR) is 61.1 cm³/mol. The lowest BCUT2D eigenvalue weighted by atomic mass is 9.98. The maximum absolute atomic E-state index is 13.8. The molecule has 14 heavy (non-hydrogen) atoms. The van der Waals surface area contributed by atoms with Crippen molar-refractivity contribution in [1.82, 2.24) is 0 Å². The van der Waals surface area contributed by atoms with Crippen molar-refractivity contribution >= 4 is 27.7 Å². The number of halogens is 2. The summed E-state index contributed by atoms with van der Waals surface area (Å²) in [7, 11) is 0. The largest absolute Gasteiger partial charge is 0.386 e. The van der Waals surface area contributed by atoms with E-state index in [9.17, 15) is 9.50 Å². The van der Waals surface area contributed by atoms with E-state index in [2.05, 4.69) is 15.9 Å². The smallest absolute Gasteiger partial charge is 0.143 e. The molecule has 0 aliphatic heterocycles. The third kappa shape index (κ3) is 2.30. The lowest BCUT2D eigenvalue weighted by Gasteiger charge is -2.20. The lowest BCUT2D eigenvalue weighted by molar-refractivity contribution is 0.0740. The molecule has 1 rings (SSSR count). The first kappa shape index (κ1) is 12.0. The highest BCUT2D eigenvalue weighted by atomic mass is 79.9. The van der Waals surface area contributed by atoms with Gasteiger partial charge in [0.05, 0.1) is 10.5 Å². The average Bonchev–Trinajstić information content (AvgIpc) is 2.02. The summed E-state index contributed by atoms with van der Waals surface area (Å²) in [5, 5.41) is 9.72. The Balaban J connectivity index is 3.36. The molecule has 1 aromatic carbocycles. The monoisotopic (exact) mass is 278 g/mol. The van der Waals surface area contributed by atoms with Crippen molar-refractivity contribution in [3.05, 3.63) is 28.0 Å². The van der Waals surface area contributed by atoms with Gasteiger partial charge < -0.3 is 5.11 Å². The standard InChI is InChI=1S/C10H12BrFOS/c1-10(2,13)6-4-5-7(11)9(14-3)8(6)12/h4-5,13H,1-3H3. The number of rotatable bonds is 2. The van der Waals surface area contributed by atoms with Crippen LogP contribution in [0.3, 0.4) is 0 Å². The van der Waals surface area contributed by atoms with Gasteiger partial charge in [-0.3, -0.25) is 0 Å². The zero-order valence-corrected chi connectivity index (χ0v) is 10.7. The minimum atomic E-state index is -1.14. The number of hydrogen-bond donors (Lipinski definition) is 1. The summed E-state index contributed by atoms with van der Waals surface area (Å²) >= 11 is 4.59. The molecule has 0 saturated carbocycles. The average molecular weight is 279 g/mol. The van der Waals surface area contributed by atoms with E-state index in [1.807, 2.05) is 0 Å². The van der Waals surface area contributed by atoms with Crippen LogP contribution >= 0.6 is 27.7 Å². The van der Waals surface area contributed by atoms with Crippen LogP contribution in [-0.4, -0.2) is 11.4 Å². The molecule has 0 aliphatic rings. The second kappa shape index (κ2) is 4.21. The van der Waals surface area contributed by atoms with E-state index in [-0.39, 0.29) is 5.82 Å². The van der Waals surface area contributed by atoms with Gasteiger partial charge in [-0.05, 0) is 42.1 Å². The van der Waals surface area contributed by atoms with Gasteiger partial charge in [0.25, 0.3) is 0 Å². The maximum atomic E-state index is 13.8. The summed E-state index contributed by atoms with van der Waals surface area (Å²) in [5.41, 5.74) is -0.819. The summed E-state index contributed by atoms with van der Waals surface area (Å²) in [4.78, 5) is 0.532. The normalized spacial score (nSPS) is 11.9. The fourth-order valence-electron chi connectivity index (χ4n) is 1.19. The fraction of sp³-hybridized carbons (Fsp3) is 0.400. The highest BCUT2D eigenvalue weighted by molar-refractivity contribution is 9.10. The fourth-order valence-corrected chi connectivity index (χ4v) is 2.54. The Morgan fingerprint density at radius 1 is 1.43 bits per heavy atom. The van der Waals surface area contributed by atoms with Gasteiger partial charge in [-0.15, -0.1) is 11.8 Å². The molecule has 0 fully saturated rings. The Bertz CT molecular complexity index is 347. The maximum Gasteiger partial charge on any atom is 0.143 e. The predicted octanol–water partition coefficient (Wildman–Crippen LogP) is 3.54. The first-order valence-corrected chi connectivity index (χ1v) is 6.14. The van der Waals surface area contributed by atoms with Crippen LogP contribution in [0.15, 0.2) is 21.5 Å². The first-order valence-electron chi connectivity index (χ1n) is 4.12. The highest BCUT2D eigenvalue weighted by Gasteiger charge is 2.23. The van der Waals surface area contributed by atoms with Crippen LogP contribution in [0, 0.1) is 5.82 Å². The molecule has 0 heterocycles. The molecule has 0 amide bonds. The number of thioether (sulfide) groups is 1. The van der Waals surface area contributed by atoms with Crippen LogP contribution < -0.4 is 0 Å². The Hall–Kier alpha value is -0.0600. The SMILES string of the molecule is CSc1c(Br)ccc(C(C)(C)O)c1F. The van der Waals surface area contributed by atoms with E-state index < -0.39 is 5.60 Å². The summed E-state index contributed by atoms with van der Waals surface area (Å²) in [6.45, 7) is 3.15. The molecule has 78 valence electrons. The molecule has 0 spiro atoms. The van der Waals surface area contributed by atoms with Gasteiger partial charge in [-0.2, -0.15) is 0 Å². The van der Waals surface area contributed by atoms with Crippen molar-refractivity contribution < 1.29 is 9.50 Å². The third-order valence-electron chi connectivity index (χ3n) is 1.91. The quantitative estimate of drug-likeness (QED) is 0.836. The summed E-state index contributed by atoms with van der Waals surface area (Å²) in [6, 6.07) is 3.35. The van der Waals surface area contributed by atoms with Crippen molar-refractivity contribution in [2.45, 2.75) is 24.3 Å². The van der Waals surface area contributed by atoms with Gasteiger partial charge in [0.1, 0.15) is 5.82 Å². The minimum absolute atomic E-state index is 0.324. The van der Waals surface area contributed by atoms with E-state index in [1.165, 1.54) is 11.8 Å². The second-order valence-electron chi connectivity index (χ2n) is 3.50. The Morgan fingerprint density at radius 3 is 2.43 bits per heavy atom. The molecule has 0 saturated heterocycles. The molecule has 0 radical (unpaired) electrons. The van der Waals surface area contributed by atoms with Crippen molar-refractivity contribution in [2.75, 3.05) is 6.26 Å². The number of aliphatic hydroxyl groups is 1. The van der Waals surface area contributed by atoms with E-state index in [0.717, 1.165) is 4.47 Å². The molecule has 1 N–H and O–H groups in total. The molecular formula is C10H12BrFOS. The lowest BCUT2D eigenvalue weighted by Crippen LogP contribution is -2.18. The summed E-state index contributed by atoms with van der Waals surface area (Å²) < 4.78 is 14.5. The zero-order valence-electron chi connectivity index (χ0n) is 8.27. The molecule has 0 unspecified atom stereocenters. The molecule has 0 bridgehead atoms. The van der Waals surface area contributed by atoms with Gasteiger partial charge in [0, 0.05) is 10.0 Å². The Labute approximate surface area is 95.8 Å². The van der Waals surface area contributed by atoms with Crippen LogP contribution in [0.25, 0.3) is 0 Å². The van der Waals surface area contributed by atoms with Crippen molar-refractivity contribution in [2.24, 2.45) is 0 Å². The van der Waals surface area contributed by atoms with E-state index in [1.54, 1.807) is 32.2 Å². The molecule has 1 aromatic rings. The molecular weight excluding hydrogens is 267 g/mol. The Morgan fingerprint density at radius 2 is 2.00 bits per heavy atom. The molecule has 0 atom stereocenters. The van der Waals surface area contributed by atoms with Crippen LogP contribution in [0.4, 0.5) is 4.39 Å². The van der Waals surface area contributed by atoms with Gasteiger partial charge in [0.15, 0.2) is 0 Å². The van der Waals surface area contributed by atoms with E-state index in [4.69, 9.17) is 0 Å². The third-order valence-corrected chi connectivity index (χ3v) is 3.64. The Kier molecular flexibility index (Phi) is 3.61. The number of hydrogen-bond acceptors (Lipinski definition) is 2. The second-order valence-corrected chi connectivity index (χ2v) is 5.17. The van der Waals surface area contributed by atoms with Crippen LogP contribution in [0.2, 0.25) is 0 Å². The van der Waals surface area contributed by atoms with E-state index in [0.29, 0.717) is 10.5 Å². The van der Waals surface area contributed by atoms with Crippen molar-refractivity contribution in [3.8, 4) is 0 Å². The zero-order chi connectivity index (χ0) is 10.9. The van der Waals surface area contributed by atoms with Gasteiger partial charge in [0.2, 0.25) is 0 Å². The summed E-state index contributed by atoms with van der Waals surface area (Å²) in [5.74, 6) is -0.348. The van der Waals surface area contributed by atoms with Gasteiger partial charge >= 0.3 is 0 Å². The van der Waals surface area contributed by atoms with Crippen LogP contribution in [0.1, 0.15) is 19.4 Å². The van der Waals surface area contributed by atoms with E-state index >= 15 is 0 Å².